The SMILES string of the molecule is N=C(OC(=N)c1ccc(-n2c3ccccc3c3c2ccc2cc4c5ccccc5c5ccccc5n4c23)cc1)c1ccccc1. The van der Waals surface area contributed by atoms with E-state index in [1.165, 1.54) is 48.9 Å². The number of rotatable bonds is 3. The Morgan fingerprint density at radius 3 is 1.78 bits per heavy atom. The van der Waals surface area contributed by atoms with Crippen LogP contribution in [-0.4, -0.2) is 20.8 Å². The van der Waals surface area contributed by atoms with Gasteiger partial charge in [0.15, 0.2) is 0 Å². The highest BCUT2D eigenvalue weighted by Crippen LogP contribution is 2.41. The van der Waals surface area contributed by atoms with E-state index >= 15 is 0 Å². The van der Waals surface area contributed by atoms with Crippen LogP contribution in [-0.2, 0) is 4.74 Å². The van der Waals surface area contributed by atoms with Crippen LogP contribution in [0.15, 0.2) is 146 Å². The number of nitrogens with one attached hydrogen (secondary N) is 2. The number of pyridine rings is 1. The van der Waals surface area contributed by atoms with E-state index in [-0.39, 0.29) is 11.8 Å². The van der Waals surface area contributed by atoms with E-state index in [0.29, 0.717) is 11.1 Å². The van der Waals surface area contributed by atoms with Crippen LogP contribution >= 0.6 is 0 Å². The standard InChI is InChI=1S/C40H26N4O/c41-39(25-10-2-1-3-11-25)45-40(42)26-18-21-28(22-19-26)43-34-17-9-7-15-32(34)37-35(43)23-20-27-24-36-31-14-5-4-12-29(31)30-13-6-8-16-33(30)44(36)38(27)37/h1-24,41-42H. The smallest absolute Gasteiger partial charge is 0.221 e. The van der Waals surface area contributed by atoms with Crippen molar-refractivity contribution in [3.8, 4) is 5.69 Å². The summed E-state index contributed by atoms with van der Waals surface area (Å²) < 4.78 is 10.3. The van der Waals surface area contributed by atoms with Gasteiger partial charge in [-0.05, 0) is 66.0 Å². The fourth-order valence-electron chi connectivity index (χ4n) is 6.88. The molecule has 0 fully saturated rings. The Labute approximate surface area is 258 Å². The third kappa shape index (κ3) is 3.74. The lowest BCUT2D eigenvalue weighted by Crippen LogP contribution is -2.12. The number of fused-ring (bicyclic) bond motifs is 12. The van der Waals surface area contributed by atoms with Crippen molar-refractivity contribution in [2.45, 2.75) is 0 Å². The van der Waals surface area contributed by atoms with Crippen molar-refractivity contribution in [2.75, 3.05) is 0 Å². The number of nitrogens with zero attached hydrogens (tertiary/aromatic N) is 2. The predicted octanol–water partition coefficient (Wildman–Crippen LogP) is 9.86. The zero-order valence-corrected chi connectivity index (χ0v) is 24.2. The summed E-state index contributed by atoms with van der Waals surface area (Å²) in [5, 5.41) is 24.1. The van der Waals surface area contributed by atoms with Gasteiger partial charge >= 0.3 is 0 Å². The summed E-state index contributed by atoms with van der Waals surface area (Å²) in [6, 6.07) is 49.7. The molecule has 0 atom stereocenters. The van der Waals surface area contributed by atoms with Crippen molar-refractivity contribution in [3.63, 3.8) is 0 Å². The molecule has 3 heterocycles. The first kappa shape index (κ1) is 25.3. The van der Waals surface area contributed by atoms with Gasteiger partial charge in [0.1, 0.15) is 0 Å². The Morgan fingerprint density at radius 1 is 0.467 bits per heavy atom. The molecule has 3 aromatic heterocycles. The number of aromatic nitrogens is 2. The van der Waals surface area contributed by atoms with Crippen molar-refractivity contribution in [2.24, 2.45) is 0 Å². The van der Waals surface area contributed by atoms with Crippen LogP contribution in [0.3, 0.4) is 0 Å². The van der Waals surface area contributed by atoms with Crippen LogP contribution in [0.2, 0.25) is 0 Å². The lowest BCUT2D eigenvalue weighted by Gasteiger charge is -2.11. The molecule has 212 valence electrons. The summed E-state index contributed by atoms with van der Waals surface area (Å²) in [5.41, 5.74) is 8.06. The molecule has 0 radical (unpaired) electrons. The molecule has 9 aromatic rings. The van der Waals surface area contributed by atoms with Gasteiger partial charge in [0.25, 0.3) is 0 Å². The van der Waals surface area contributed by atoms with Crippen molar-refractivity contribution in [1.82, 2.24) is 8.97 Å². The second-order valence-corrected chi connectivity index (χ2v) is 11.4. The lowest BCUT2D eigenvalue weighted by atomic mass is 10.1. The maximum atomic E-state index is 8.52. The Balaban J connectivity index is 1.25. The van der Waals surface area contributed by atoms with Crippen molar-refractivity contribution in [3.05, 3.63) is 157 Å². The van der Waals surface area contributed by atoms with Crippen LogP contribution in [0.25, 0.3) is 65.6 Å². The first-order valence-corrected chi connectivity index (χ1v) is 15.0. The molecule has 45 heavy (non-hydrogen) atoms. The normalized spacial score (nSPS) is 11.7. The van der Waals surface area contributed by atoms with Gasteiger partial charge in [-0.3, -0.25) is 10.8 Å². The molecule has 0 unspecified atom stereocenters. The summed E-state index contributed by atoms with van der Waals surface area (Å²) in [6.07, 6.45) is 0. The van der Waals surface area contributed by atoms with Gasteiger partial charge in [-0.1, -0.05) is 84.9 Å². The Bertz CT molecular complexity index is 2640. The topological polar surface area (TPSA) is 66.3 Å². The lowest BCUT2D eigenvalue weighted by molar-refractivity contribution is 0.538. The van der Waals surface area contributed by atoms with E-state index in [0.717, 1.165) is 16.7 Å². The molecule has 5 nitrogen and oxygen atoms in total. The molecule has 9 rings (SSSR count). The van der Waals surface area contributed by atoms with Crippen LogP contribution in [0.5, 0.6) is 0 Å². The number of para-hydroxylation sites is 2. The highest BCUT2D eigenvalue weighted by molar-refractivity contribution is 6.24. The molecule has 2 N–H and O–H groups in total. The van der Waals surface area contributed by atoms with E-state index in [1.807, 2.05) is 42.5 Å². The largest absolute Gasteiger partial charge is 0.421 e. The van der Waals surface area contributed by atoms with Gasteiger partial charge in [0.05, 0.1) is 27.6 Å². The molecule has 6 aromatic carbocycles. The Kier molecular flexibility index (Phi) is 5.43. The average Bonchev–Trinajstić information content (AvgIpc) is 3.65. The molecule has 0 bridgehead atoms. The minimum Gasteiger partial charge on any atom is -0.421 e. The maximum absolute atomic E-state index is 8.52. The second kappa shape index (κ2) is 9.66. The van der Waals surface area contributed by atoms with Crippen LogP contribution in [0.1, 0.15) is 11.1 Å². The quantitative estimate of drug-likeness (QED) is 0.122. The molecular formula is C40H26N4O. The molecule has 5 heteroatoms. The van der Waals surface area contributed by atoms with E-state index in [2.05, 4.69) is 100.0 Å². The van der Waals surface area contributed by atoms with Gasteiger partial charge in [-0.15, -0.1) is 0 Å². The van der Waals surface area contributed by atoms with Crippen molar-refractivity contribution < 1.29 is 4.74 Å². The summed E-state index contributed by atoms with van der Waals surface area (Å²) in [5.74, 6) is -0.103. The van der Waals surface area contributed by atoms with Crippen molar-refractivity contribution >= 4 is 71.7 Å². The molecule has 0 saturated heterocycles. The van der Waals surface area contributed by atoms with Crippen LogP contribution < -0.4 is 0 Å². The van der Waals surface area contributed by atoms with Gasteiger partial charge in [0.2, 0.25) is 11.8 Å². The van der Waals surface area contributed by atoms with Gasteiger partial charge < -0.3 is 13.7 Å². The minimum absolute atomic E-state index is 0.0455. The maximum Gasteiger partial charge on any atom is 0.221 e. The minimum atomic E-state index is -0.0573. The predicted molar refractivity (Wildman–Crippen MR) is 185 cm³/mol. The summed E-state index contributed by atoms with van der Waals surface area (Å²) in [7, 11) is 0. The third-order valence-electron chi connectivity index (χ3n) is 8.87. The molecule has 0 aliphatic rings. The molecule has 0 saturated carbocycles. The highest BCUT2D eigenvalue weighted by Gasteiger charge is 2.20. The molecule has 0 spiro atoms. The molecular weight excluding hydrogens is 552 g/mol. The second-order valence-electron chi connectivity index (χ2n) is 11.4. The fourth-order valence-corrected chi connectivity index (χ4v) is 6.88. The average molecular weight is 579 g/mol. The zero-order chi connectivity index (χ0) is 30.1. The number of ether oxygens (including phenoxy) is 1. The van der Waals surface area contributed by atoms with Gasteiger partial charge in [-0.2, -0.15) is 0 Å². The van der Waals surface area contributed by atoms with Gasteiger partial charge in [0, 0.05) is 43.7 Å². The zero-order valence-electron chi connectivity index (χ0n) is 24.2. The Hall–Kier alpha value is -6.20. The van der Waals surface area contributed by atoms with Crippen molar-refractivity contribution in [1.29, 1.82) is 10.8 Å². The number of benzene rings is 6. The van der Waals surface area contributed by atoms with E-state index < -0.39 is 0 Å². The molecule has 0 aliphatic carbocycles. The summed E-state index contributed by atoms with van der Waals surface area (Å²) >= 11 is 0. The monoisotopic (exact) mass is 578 g/mol. The third-order valence-corrected chi connectivity index (χ3v) is 8.87. The first-order chi connectivity index (χ1) is 22.2. The van der Waals surface area contributed by atoms with Crippen LogP contribution in [0, 0.1) is 10.8 Å². The van der Waals surface area contributed by atoms with E-state index in [9.17, 15) is 0 Å². The fraction of sp³-hybridized carbons (Fsp3) is 0. The van der Waals surface area contributed by atoms with Gasteiger partial charge in [-0.25, -0.2) is 0 Å². The van der Waals surface area contributed by atoms with Crippen LogP contribution in [0.4, 0.5) is 0 Å². The highest BCUT2D eigenvalue weighted by atomic mass is 16.5. The number of hydrogen-bond acceptors (Lipinski definition) is 3. The number of hydrogen-bond donors (Lipinski definition) is 2. The Morgan fingerprint density at radius 2 is 1.04 bits per heavy atom. The molecule has 0 aliphatic heterocycles. The van der Waals surface area contributed by atoms with E-state index in [4.69, 9.17) is 15.6 Å². The summed E-state index contributed by atoms with van der Waals surface area (Å²) in [4.78, 5) is 0. The first-order valence-electron chi connectivity index (χ1n) is 15.0. The summed E-state index contributed by atoms with van der Waals surface area (Å²) in [6.45, 7) is 0. The molecule has 0 amide bonds. The van der Waals surface area contributed by atoms with E-state index in [1.54, 1.807) is 12.1 Å².